The van der Waals surface area contributed by atoms with Crippen LogP contribution in [0.4, 0.5) is 11.4 Å². The number of aromatic hydroxyl groups is 1. The van der Waals surface area contributed by atoms with Crippen molar-refractivity contribution in [3.8, 4) is 5.75 Å². The van der Waals surface area contributed by atoms with E-state index in [2.05, 4.69) is 10.6 Å². The Morgan fingerprint density at radius 2 is 1.47 bits per heavy atom. The van der Waals surface area contributed by atoms with Gasteiger partial charge in [-0.15, -0.1) is 0 Å². The van der Waals surface area contributed by atoms with Gasteiger partial charge in [0.05, 0.1) is 5.69 Å². The number of para-hydroxylation sites is 1. The van der Waals surface area contributed by atoms with Crippen LogP contribution in [0.2, 0.25) is 0 Å². The van der Waals surface area contributed by atoms with Crippen LogP contribution in [-0.2, 0) is 0 Å². The molecule has 0 aliphatic heterocycles. The van der Waals surface area contributed by atoms with Crippen molar-refractivity contribution < 1.29 is 15.3 Å². The summed E-state index contributed by atoms with van der Waals surface area (Å²) in [6.45, 7) is 1.86. The molecule has 0 bridgehead atoms. The van der Waals surface area contributed by atoms with Gasteiger partial charge in [0.2, 0.25) is 0 Å². The lowest BCUT2D eigenvalue weighted by Crippen LogP contribution is -2.08. The Morgan fingerprint density at radius 1 is 0.842 bits per heavy atom. The number of anilines is 2. The largest absolute Gasteiger partial charge is 0.506 e. The third kappa shape index (κ3) is 5.81. The first-order valence-corrected chi connectivity index (χ1v) is 6.81. The van der Waals surface area contributed by atoms with Gasteiger partial charge in [0, 0.05) is 26.3 Å². The second kappa shape index (κ2) is 9.47. The first kappa shape index (κ1) is 15.6. The van der Waals surface area contributed by atoms with Crippen LogP contribution in [0.15, 0.2) is 18.2 Å². The van der Waals surface area contributed by atoms with Gasteiger partial charge in [-0.2, -0.15) is 0 Å². The van der Waals surface area contributed by atoms with Crippen molar-refractivity contribution in [2.45, 2.75) is 25.7 Å². The maximum atomic E-state index is 9.86. The van der Waals surface area contributed by atoms with Gasteiger partial charge in [-0.3, -0.25) is 0 Å². The number of rotatable bonds is 10. The molecular formula is C14H24N2O3. The summed E-state index contributed by atoms with van der Waals surface area (Å²) >= 11 is 0. The number of unbranched alkanes of at least 4 members (excludes halogenated alkanes) is 2. The minimum atomic E-state index is 0.189. The summed E-state index contributed by atoms with van der Waals surface area (Å²) in [6.07, 6.45) is 3.26. The van der Waals surface area contributed by atoms with E-state index in [1.165, 1.54) is 0 Å². The molecule has 1 aromatic rings. The summed E-state index contributed by atoms with van der Waals surface area (Å²) in [5.74, 6) is 0.219. The van der Waals surface area contributed by atoms with Crippen LogP contribution in [0.5, 0.6) is 5.75 Å². The number of nitrogens with one attached hydrogen (secondary N) is 2. The van der Waals surface area contributed by atoms with Crippen molar-refractivity contribution in [1.82, 2.24) is 0 Å². The molecule has 0 spiro atoms. The predicted octanol–water partition coefficient (Wildman–Crippen LogP) is 1.76. The highest BCUT2D eigenvalue weighted by atomic mass is 16.3. The molecule has 0 aliphatic rings. The smallest absolute Gasteiger partial charge is 0.140 e. The van der Waals surface area contributed by atoms with Crippen LogP contribution in [0.3, 0.4) is 0 Å². The van der Waals surface area contributed by atoms with Crippen molar-refractivity contribution in [3.63, 3.8) is 0 Å². The van der Waals surface area contributed by atoms with E-state index in [1.807, 2.05) is 6.07 Å². The van der Waals surface area contributed by atoms with Crippen molar-refractivity contribution in [2.24, 2.45) is 0 Å². The second-order valence-corrected chi connectivity index (χ2v) is 4.41. The fourth-order valence-corrected chi connectivity index (χ4v) is 1.78. The molecule has 0 aromatic heterocycles. The lowest BCUT2D eigenvalue weighted by atomic mass is 10.2. The summed E-state index contributed by atoms with van der Waals surface area (Å²) < 4.78 is 0. The van der Waals surface area contributed by atoms with Gasteiger partial charge in [0.25, 0.3) is 0 Å². The summed E-state index contributed by atoms with van der Waals surface area (Å²) in [5, 5.41) is 33.7. The molecule has 108 valence electrons. The Hall–Kier alpha value is -1.46. The van der Waals surface area contributed by atoms with Gasteiger partial charge < -0.3 is 26.0 Å². The molecule has 0 fully saturated rings. The fourth-order valence-electron chi connectivity index (χ4n) is 1.78. The Bertz CT molecular complexity index is 359. The monoisotopic (exact) mass is 268 g/mol. The molecule has 0 radical (unpaired) electrons. The summed E-state index contributed by atoms with van der Waals surface area (Å²) in [5.41, 5.74) is 1.56. The first-order chi connectivity index (χ1) is 9.29. The molecule has 0 unspecified atom stereocenters. The lowest BCUT2D eigenvalue weighted by molar-refractivity contribution is 0.285. The predicted molar refractivity (Wildman–Crippen MR) is 77.7 cm³/mol. The standard InChI is InChI=1S/C14H24N2O3/c17-10-3-1-8-15-12-6-5-7-13(19)14(12)16-9-2-4-11-18/h5-7,15-19H,1-4,8-11H2. The Balaban J connectivity index is 2.51. The number of aliphatic hydroxyl groups excluding tert-OH is 2. The molecular weight excluding hydrogens is 244 g/mol. The average Bonchev–Trinajstić information content (AvgIpc) is 2.42. The molecule has 0 amide bonds. The van der Waals surface area contributed by atoms with Crippen molar-refractivity contribution in [1.29, 1.82) is 0 Å². The molecule has 5 nitrogen and oxygen atoms in total. The summed E-state index contributed by atoms with van der Waals surface area (Å²) in [6, 6.07) is 5.35. The average molecular weight is 268 g/mol. The minimum Gasteiger partial charge on any atom is -0.506 e. The van der Waals surface area contributed by atoms with Crippen molar-refractivity contribution in [2.75, 3.05) is 36.9 Å². The zero-order valence-corrected chi connectivity index (χ0v) is 11.2. The number of phenolic OH excluding ortho intramolecular Hbond substituents is 1. The van der Waals surface area contributed by atoms with E-state index in [4.69, 9.17) is 10.2 Å². The number of aliphatic hydroxyl groups is 2. The number of hydrogen-bond donors (Lipinski definition) is 5. The Morgan fingerprint density at radius 3 is 2.11 bits per heavy atom. The highest BCUT2D eigenvalue weighted by Gasteiger charge is 2.06. The molecule has 5 heteroatoms. The van der Waals surface area contributed by atoms with Crippen LogP contribution < -0.4 is 10.6 Å². The van der Waals surface area contributed by atoms with Crippen molar-refractivity contribution in [3.05, 3.63) is 18.2 Å². The Kier molecular flexibility index (Phi) is 7.77. The normalized spacial score (nSPS) is 10.4. The second-order valence-electron chi connectivity index (χ2n) is 4.41. The molecule has 1 aromatic carbocycles. The van der Waals surface area contributed by atoms with E-state index in [0.717, 1.165) is 37.9 Å². The SMILES string of the molecule is OCCCCNc1cccc(O)c1NCCCCO. The van der Waals surface area contributed by atoms with Gasteiger partial charge >= 0.3 is 0 Å². The van der Waals surface area contributed by atoms with E-state index in [0.29, 0.717) is 12.2 Å². The number of phenols is 1. The van der Waals surface area contributed by atoms with Gasteiger partial charge in [-0.25, -0.2) is 0 Å². The zero-order valence-electron chi connectivity index (χ0n) is 11.2. The van der Waals surface area contributed by atoms with Gasteiger partial charge in [0.1, 0.15) is 11.4 Å². The van der Waals surface area contributed by atoms with Crippen LogP contribution in [-0.4, -0.2) is 41.6 Å². The van der Waals surface area contributed by atoms with Gasteiger partial charge in [-0.1, -0.05) is 6.07 Å². The molecule has 19 heavy (non-hydrogen) atoms. The van der Waals surface area contributed by atoms with Crippen LogP contribution in [0, 0.1) is 0 Å². The summed E-state index contributed by atoms with van der Waals surface area (Å²) in [7, 11) is 0. The molecule has 0 heterocycles. The quantitative estimate of drug-likeness (QED) is 0.330. The zero-order chi connectivity index (χ0) is 13.9. The minimum absolute atomic E-state index is 0.189. The third-order valence-corrected chi connectivity index (χ3v) is 2.83. The Labute approximate surface area is 114 Å². The topological polar surface area (TPSA) is 84.8 Å². The lowest BCUT2D eigenvalue weighted by Gasteiger charge is -2.15. The van der Waals surface area contributed by atoms with E-state index in [1.54, 1.807) is 12.1 Å². The highest BCUT2D eigenvalue weighted by molar-refractivity contribution is 5.75. The number of hydrogen-bond acceptors (Lipinski definition) is 5. The van der Waals surface area contributed by atoms with Crippen molar-refractivity contribution >= 4 is 11.4 Å². The molecule has 0 saturated carbocycles. The van der Waals surface area contributed by atoms with Crippen LogP contribution in [0.1, 0.15) is 25.7 Å². The van der Waals surface area contributed by atoms with E-state index in [-0.39, 0.29) is 19.0 Å². The van der Waals surface area contributed by atoms with E-state index in [9.17, 15) is 5.11 Å². The maximum Gasteiger partial charge on any atom is 0.140 e. The molecule has 0 aliphatic carbocycles. The molecule has 1 rings (SSSR count). The highest BCUT2D eigenvalue weighted by Crippen LogP contribution is 2.31. The molecule has 0 saturated heterocycles. The van der Waals surface area contributed by atoms with E-state index >= 15 is 0 Å². The van der Waals surface area contributed by atoms with Crippen LogP contribution in [0.25, 0.3) is 0 Å². The van der Waals surface area contributed by atoms with E-state index < -0.39 is 0 Å². The van der Waals surface area contributed by atoms with Gasteiger partial charge in [-0.05, 0) is 37.8 Å². The molecule has 5 N–H and O–H groups in total. The summed E-state index contributed by atoms with van der Waals surface area (Å²) in [4.78, 5) is 0. The van der Waals surface area contributed by atoms with Gasteiger partial charge in [0.15, 0.2) is 0 Å². The molecule has 0 atom stereocenters. The third-order valence-electron chi connectivity index (χ3n) is 2.83. The van der Waals surface area contributed by atoms with Crippen LogP contribution >= 0.6 is 0 Å². The fraction of sp³-hybridized carbons (Fsp3) is 0.571. The first-order valence-electron chi connectivity index (χ1n) is 6.81. The number of benzene rings is 1. The maximum absolute atomic E-state index is 9.86.